The zero-order chi connectivity index (χ0) is 23.4. The molecule has 0 aliphatic carbocycles. The number of allylic oxidation sites excluding steroid dienone is 1. The van der Waals surface area contributed by atoms with Gasteiger partial charge in [0, 0.05) is 34.7 Å². The van der Waals surface area contributed by atoms with Crippen LogP contribution >= 0.6 is 23.2 Å². The third-order valence-corrected chi connectivity index (χ3v) is 7.16. The molecule has 0 saturated carbocycles. The summed E-state index contributed by atoms with van der Waals surface area (Å²) in [5.41, 5.74) is 2.66. The lowest BCUT2D eigenvalue weighted by molar-refractivity contribution is 0.603. The first-order chi connectivity index (χ1) is 15.9. The van der Waals surface area contributed by atoms with Crippen molar-refractivity contribution in [3.05, 3.63) is 105 Å². The molecule has 0 radical (unpaired) electrons. The van der Waals surface area contributed by atoms with Crippen LogP contribution in [-0.2, 0) is 16.4 Å². The number of nitrogens with zero attached hydrogens (tertiary/aromatic N) is 4. The Balaban J connectivity index is 1.84. The minimum Gasteiger partial charge on any atom is -0.267 e. The summed E-state index contributed by atoms with van der Waals surface area (Å²) >= 11 is 12.1. The van der Waals surface area contributed by atoms with Crippen molar-refractivity contribution >= 4 is 39.1 Å². The molecule has 0 atom stereocenters. The number of rotatable bonds is 6. The third kappa shape index (κ3) is 4.99. The van der Waals surface area contributed by atoms with Crippen LogP contribution in [0.1, 0.15) is 11.1 Å². The Morgan fingerprint density at radius 2 is 1.88 bits per heavy atom. The van der Waals surface area contributed by atoms with Crippen molar-refractivity contribution in [2.24, 2.45) is 0 Å². The van der Waals surface area contributed by atoms with E-state index in [9.17, 15) is 13.7 Å². The molecule has 0 aliphatic rings. The molecule has 6 nitrogen and oxygen atoms in total. The summed E-state index contributed by atoms with van der Waals surface area (Å²) in [5.74, 6) is 0. The van der Waals surface area contributed by atoms with Gasteiger partial charge in [-0.15, -0.1) is 0 Å². The molecule has 0 amide bonds. The summed E-state index contributed by atoms with van der Waals surface area (Å²) in [4.78, 5) is 3.42. The Hall–Kier alpha value is -3.44. The summed E-state index contributed by atoms with van der Waals surface area (Å²) in [6.45, 7) is 0.469. The number of halogens is 2. The van der Waals surface area contributed by atoms with E-state index in [1.165, 1.54) is 24.3 Å². The van der Waals surface area contributed by atoms with Crippen LogP contribution in [0.5, 0.6) is 0 Å². The van der Waals surface area contributed by atoms with E-state index in [2.05, 4.69) is 10.1 Å². The number of benzene rings is 2. The molecular formula is C24H16Cl2N4O2S. The molecule has 0 fully saturated rings. The zero-order valence-corrected chi connectivity index (χ0v) is 19.4. The molecule has 0 unspecified atom stereocenters. The van der Waals surface area contributed by atoms with E-state index in [4.69, 9.17) is 23.2 Å². The summed E-state index contributed by atoms with van der Waals surface area (Å²) in [7, 11) is -4.22. The van der Waals surface area contributed by atoms with Gasteiger partial charge in [0.05, 0.1) is 16.5 Å². The molecule has 9 heteroatoms. The maximum Gasteiger partial charge on any atom is 0.218 e. The van der Waals surface area contributed by atoms with Crippen LogP contribution in [0.15, 0.2) is 89.1 Å². The standard InChI is InChI=1S/C24H16Cl2N4O2S/c25-20-8-9-22(26)23(12-20)33(31,32)21(13-27)11-19-16-30(15-17-5-2-1-3-6-17)29-24(19)18-7-4-10-28-14-18/h1-12,14,16H,15H2/b21-11-. The number of hydrogen-bond acceptors (Lipinski definition) is 5. The van der Waals surface area contributed by atoms with Gasteiger partial charge < -0.3 is 0 Å². The SMILES string of the molecule is N#C/C(=C/c1cn(Cc2ccccc2)nc1-c1cccnc1)S(=O)(=O)c1cc(Cl)ccc1Cl. The van der Waals surface area contributed by atoms with E-state index in [1.54, 1.807) is 35.4 Å². The fraction of sp³-hybridized carbons (Fsp3) is 0.0417. The minimum atomic E-state index is -4.22. The molecule has 164 valence electrons. The smallest absolute Gasteiger partial charge is 0.218 e. The van der Waals surface area contributed by atoms with Crippen LogP contribution in [0.2, 0.25) is 10.0 Å². The van der Waals surface area contributed by atoms with Crippen LogP contribution in [0.3, 0.4) is 0 Å². The third-order valence-electron chi connectivity index (χ3n) is 4.78. The van der Waals surface area contributed by atoms with Crippen LogP contribution in [-0.4, -0.2) is 23.2 Å². The van der Waals surface area contributed by atoms with Crippen molar-refractivity contribution < 1.29 is 8.42 Å². The first kappa shape index (κ1) is 22.7. The maximum atomic E-state index is 13.2. The van der Waals surface area contributed by atoms with Gasteiger partial charge in [0.25, 0.3) is 0 Å². The summed E-state index contributed by atoms with van der Waals surface area (Å²) in [6.07, 6.45) is 6.25. The Morgan fingerprint density at radius 1 is 1.09 bits per heavy atom. The van der Waals surface area contributed by atoms with Crippen LogP contribution in [0, 0.1) is 11.3 Å². The van der Waals surface area contributed by atoms with Gasteiger partial charge in [-0.2, -0.15) is 10.4 Å². The molecule has 2 aromatic heterocycles. The highest BCUT2D eigenvalue weighted by molar-refractivity contribution is 7.95. The Labute approximate surface area is 201 Å². The van der Waals surface area contributed by atoms with Crippen molar-refractivity contribution in [2.75, 3.05) is 0 Å². The Morgan fingerprint density at radius 3 is 2.58 bits per heavy atom. The summed E-state index contributed by atoms with van der Waals surface area (Å²) in [5, 5.41) is 14.5. The van der Waals surface area contributed by atoms with Crippen LogP contribution in [0.4, 0.5) is 0 Å². The molecule has 0 spiro atoms. The van der Waals surface area contributed by atoms with Crippen molar-refractivity contribution in [1.29, 1.82) is 5.26 Å². The summed E-state index contributed by atoms with van der Waals surface area (Å²) in [6, 6.07) is 19.2. The largest absolute Gasteiger partial charge is 0.267 e. The van der Waals surface area contributed by atoms with Gasteiger partial charge in [-0.3, -0.25) is 9.67 Å². The normalized spacial score (nSPS) is 11.8. The fourth-order valence-corrected chi connectivity index (χ4v) is 5.14. The average molecular weight is 495 g/mol. The first-order valence-electron chi connectivity index (χ1n) is 9.72. The quantitative estimate of drug-likeness (QED) is 0.323. The second-order valence-electron chi connectivity index (χ2n) is 7.06. The average Bonchev–Trinajstić information content (AvgIpc) is 3.22. The predicted octanol–water partition coefficient (Wildman–Crippen LogP) is 5.64. The Kier molecular flexibility index (Phi) is 6.61. The maximum absolute atomic E-state index is 13.2. The molecule has 4 rings (SSSR count). The van der Waals surface area contributed by atoms with Crippen LogP contribution < -0.4 is 0 Å². The molecular weight excluding hydrogens is 479 g/mol. The fourth-order valence-electron chi connectivity index (χ4n) is 3.23. The van der Waals surface area contributed by atoms with Crippen molar-refractivity contribution in [1.82, 2.24) is 14.8 Å². The predicted molar refractivity (Wildman–Crippen MR) is 128 cm³/mol. The zero-order valence-electron chi connectivity index (χ0n) is 17.1. The number of aromatic nitrogens is 3. The highest BCUT2D eigenvalue weighted by atomic mass is 35.5. The number of pyridine rings is 1. The van der Waals surface area contributed by atoms with Crippen molar-refractivity contribution in [3.63, 3.8) is 0 Å². The topological polar surface area (TPSA) is 88.6 Å². The van der Waals surface area contributed by atoms with Crippen molar-refractivity contribution in [3.8, 4) is 17.3 Å². The van der Waals surface area contributed by atoms with Crippen LogP contribution in [0.25, 0.3) is 17.3 Å². The van der Waals surface area contributed by atoms with E-state index in [0.29, 0.717) is 23.4 Å². The molecule has 0 saturated heterocycles. The molecule has 2 heterocycles. The van der Waals surface area contributed by atoms with E-state index in [1.807, 2.05) is 36.4 Å². The number of nitriles is 1. The lowest BCUT2D eigenvalue weighted by Gasteiger charge is -2.06. The van der Waals surface area contributed by atoms with E-state index in [0.717, 1.165) is 5.56 Å². The minimum absolute atomic E-state index is 0.0206. The highest BCUT2D eigenvalue weighted by Crippen LogP contribution is 2.31. The van der Waals surface area contributed by atoms with Gasteiger partial charge in [0.2, 0.25) is 9.84 Å². The second kappa shape index (κ2) is 9.59. The molecule has 0 aliphatic heterocycles. The van der Waals surface area contributed by atoms with E-state index >= 15 is 0 Å². The lowest BCUT2D eigenvalue weighted by atomic mass is 10.1. The molecule has 33 heavy (non-hydrogen) atoms. The second-order valence-corrected chi connectivity index (χ2v) is 9.79. The van der Waals surface area contributed by atoms with Gasteiger partial charge >= 0.3 is 0 Å². The molecule has 0 N–H and O–H groups in total. The first-order valence-corrected chi connectivity index (χ1v) is 12.0. The van der Waals surface area contributed by atoms with Gasteiger partial charge in [-0.05, 0) is 42.0 Å². The lowest BCUT2D eigenvalue weighted by Crippen LogP contribution is -2.04. The van der Waals surface area contributed by atoms with E-state index < -0.39 is 14.7 Å². The number of sulfone groups is 1. The summed E-state index contributed by atoms with van der Waals surface area (Å²) < 4.78 is 28.1. The number of hydrogen-bond donors (Lipinski definition) is 0. The molecule has 2 aromatic carbocycles. The van der Waals surface area contributed by atoms with Gasteiger partial charge in [0.15, 0.2) is 0 Å². The molecule has 0 bridgehead atoms. The van der Waals surface area contributed by atoms with Gasteiger partial charge in [0.1, 0.15) is 16.7 Å². The Bertz CT molecular complexity index is 1480. The van der Waals surface area contributed by atoms with E-state index in [-0.39, 0.29) is 14.9 Å². The van der Waals surface area contributed by atoms with Crippen molar-refractivity contribution in [2.45, 2.75) is 11.4 Å². The van der Waals surface area contributed by atoms with Gasteiger partial charge in [-0.1, -0.05) is 53.5 Å². The monoisotopic (exact) mass is 494 g/mol. The highest BCUT2D eigenvalue weighted by Gasteiger charge is 2.25. The molecule has 4 aromatic rings. The van der Waals surface area contributed by atoms with Gasteiger partial charge in [-0.25, -0.2) is 8.42 Å².